The molecule has 0 atom stereocenters. The third-order valence-corrected chi connectivity index (χ3v) is 9.99. The van der Waals surface area contributed by atoms with Crippen LogP contribution in [0, 0.1) is 0 Å². The number of para-hydroxylation sites is 1. The van der Waals surface area contributed by atoms with E-state index in [1.807, 2.05) is 0 Å². The fourth-order valence-corrected chi connectivity index (χ4v) is 6.95. The highest BCUT2D eigenvalue weighted by molar-refractivity contribution is 7.89. The van der Waals surface area contributed by atoms with Gasteiger partial charge in [-0.15, -0.1) is 0 Å². The molecule has 14 heteroatoms. The smallest absolute Gasteiger partial charge is 0.399 e. The van der Waals surface area contributed by atoms with Gasteiger partial charge in [0.15, 0.2) is 0 Å². The Labute approximate surface area is 257 Å². The van der Waals surface area contributed by atoms with E-state index in [9.17, 15) is 31.7 Å². The summed E-state index contributed by atoms with van der Waals surface area (Å²) in [6.45, 7) is -0.353. The van der Waals surface area contributed by atoms with Crippen LogP contribution < -0.4 is 4.74 Å². The molecule has 4 aromatic carbocycles. The predicted molar refractivity (Wildman–Crippen MR) is 161 cm³/mol. The summed E-state index contributed by atoms with van der Waals surface area (Å²) in [5.74, 6) is -0.952. The van der Waals surface area contributed by atoms with Crippen molar-refractivity contribution in [3.63, 3.8) is 0 Å². The van der Waals surface area contributed by atoms with Gasteiger partial charge in [0.1, 0.15) is 10.6 Å². The van der Waals surface area contributed by atoms with E-state index in [-0.39, 0.29) is 41.3 Å². The van der Waals surface area contributed by atoms with Crippen LogP contribution in [0.4, 0.5) is 8.78 Å². The number of aromatic carboxylic acids is 1. The van der Waals surface area contributed by atoms with E-state index in [1.54, 1.807) is 48.5 Å². The van der Waals surface area contributed by atoms with Crippen molar-refractivity contribution in [2.45, 2.75) is 23.5 Å². The number of alkyl halides is 2. The number of rotatable bonds is 12. The lowest BCUT2D eigenvalue weighted by Gasteiger charge is -2.24. The average molecular weight is 666 g/mol. The number of hydrogen-bond acceptors (Lipinski definition) is 5. The summed E-state index contributed by atoms with van der Waals surface area (Å²) < 4.78 is 74.1. The molecule has 0 saturated carbocycles. The number of nitrogens with zero attached hydrogens (tertiary/aromatic N) is 1. The Morgan fingerprint density at radius 1 is 0.932 bits per heavy atom. The van der Waals surface area contributed by atoms with Crippen LogP contribution in [0.5, 0.6) is 5.75 Å². The predicted octanol–water partition coefficient (Wildman–Crippen LogP) is 6.37. The summed E-state index contributed by atoms with van der Waals surface area (Å²) in [6.07, 6.45) is 0.242. The normalized spacial score (nSPS) is 12.3. The number of ether oxygens (including phenoxy) is 1. The van der Waals surface area contributed by atoms with E-state index in [2.05, 4.69) is 0 Å². The van der Waals surface area contributed by atoms with Gasteiger partial charge < -0.3 is 19.6 Å². The fraction of sp³-hybridized carbons (Fsp3) is 0.167. The Morgan fingerprint density at radius 3 is 2.20 bits per heavy atom. The Bertz CT molecular complexity index is 1830. The van der Waals surface area contributed by atoms with Crippen molar-refractivity contribution in [3.05, 3.63) is 118 Å². The molecule has 0 unspecified atom stereocenters. The highest BCUT2D eigenvalue weighted by atomic mass is 35.5. The van der Waals surface area contributed by atoms with Crippen molar-refractivity contribution < 1.29 is 46.2 Å². The van der Waals surface area contributed by atoms with Gasteiger partial charge in [0.25, 0.3) is 0 Å². The van der Waals surface area contributed by atoms with E-state index >= 15 is 0 Å². The van der Waals surface area contributed by atoms with E-state index in [4.69, 9.17) is 26.1 Å². The molecule has 4 rings (SSSR count). The first-order valence-corrected chi connectivity index (χ1v) is 16.4. The quantitative estimate of drug-likeness (QED) is 0.148. The summed E-state index contributed by atoms with van der Waals surface area (Å²) in [6, 6.07) is 22.5. The van der Waals surface area contributed by atoms with Gasteiger partial charge in [0.05, 0.1) is 23.3 Å². The molecule has 0 fully saturated rings. The lowest BCUT2D eigenvalue weighted by molar-refractivity contribution is 0.0565. The van der Waals surface area contributed by atoms with Crippen molar-refractivity contribution in [1.29, 1.82) is 0 Å². The van der Waals surface area contributed by atoms with Gasteiger partial charge in [-0.3, -0.25) is 4.57 Å². The topological polar surface area (TPSA) is 141 Å². The van der Waals surface area contributed by atoms with Crippen LogP contribution in [0.25, 0.3) is 11.1 Å². The molecule has 0 spiro atoms. The Morgan fingerprint density at radius 2 is 1.59 bits per heavy atom. The van der Waals surface area contributed by atoms with Gasteiger partial charge in [0.2, 0.25) is 10.0 Å². The van der Waals surface area contributed by atoms with Crippen molar-refractivity contribution in [2.75, 3.05) is 13.7 Å². The van der Waals surface area contributed by atoms with E-state index in [1.165, 1.54) is 31.4 Å². The molecule has 0 aliphatic heterocycles. The van der Waals surface area contributed by atoms with Crippen LogP contribution in [-0.2, 0) is 33.2 Å². The van der Waals surface area contributed by atoms with E-state index < -0.39 is 39.8 Å². The highest BCUT2D eigenvalue weighted by Crippen LogP contribution is 2.60. The van der Waals surface area contributed by atoms with Gasteiger partial charge in [-0.25, -0.2) is 13.2 Å². The molecule has 9 nitrogen and oxygen atoms in total. The van der Waals surface area contributed by atoms with Gasteiger partial charge in [-0.1, -0.05) is 72.3 Å². The number of hydrogen-bond donors (Lipinski definition) is 3. The minimum absolute atomic E-state index is 0.0494. The molecular weight excluding hydrogens is 639 g/mol. The first-order valence-electron chi connectivity index (χ1n) is 12.9. The Balaban J connectivity index is 1.64. The first kappa shape index (κ1) is 33.3. The molecule has 0 aliphatic rings. The Hall–Kier alpha value is -3.64. The third-order valence-electron chi connectivity index (χ3n) is 6.82. The van der Waals surface area contributed by atoms with E-state index in [0.29, 0.717) is 5.56 Å². The molecule has 3 N–H and O–H groups in total. The van der Waals surface area contributed by atoms with Gasteiger partial charge >= 0.3 is 19.2 Å². The number of carboxylic acids is 1. The highest BCUT2D eigenvalue weighted by Gasteiger charge is 2.51. The molecular formula is C30H27ClF2NO8PS. The summed E-state index contributed by atoms with van der Waals surface area (Å²) in [4.78, 5) is 29.4. The molecule has 0 aromatic heterocycles. The zero-order valence-corrected chi connectivity index (χ0v) is 25.6. The molecule has 232 valence electrons. The molecule has 0 aliphatic carbocycles. The van der Waals surface area contributed by atoms with Crippen LogP contribution >= 0.6 is 19.2 Å². The second-order valence-corrected chi connectivity index (χ2v) is 13.7. The fourth-order valence-electron chi connectivity index (χ4n) is 4.47. The molecule has 4 aromatic rings. The summed E-state index contributed by atoms with van der Waals surface area (Å²) >= 11 is 6.00. The number of halogens is 3. The lowest BCUT2D eigenvalue weighted by Crippen LogP contribution is -2.33. The van der Waals surface area contributed by atoms with Crippen molar-refractivity contribution in [1.82, 2.24) is 4.31 Å². The number of sulfonamides is 1. The van der Waals surface area contributed by atoms with Gasteiger partial charge in [-0.05, 0) is 59.0 Å². The first-order chi connectivity index (χ1) is 20.6. The lowest BCUT2D eigenvalue weighted by atomic mass is 10.0. The summed E-state index contributed by atoms with van der Waals surface area (Å²) in [5.41, 5.74) is -3.05. The molecule has 0 radical (unpaired) electrons. The van der Waals surface area contributed by atoms with Crippen LogP contribution in [-0.4, -0.2) is 47.2 Å². The van der Waals surface area contributed by atoms with Crippen LogP contribution in [0.2, 0.25) is 5.02 Å². The number of carboxylic acid groups (broad SMARTS) is 1. The van der Waals surface area contributed by atoms with Crippen LogP contribution in [0.3, 0.4) is 0 Å². The number of carbonyl (C=O) groups is 1. The van der Waals surface area contributed by atoms with Crippen molar-refractivity contribution in [3.8, 4) is 16.9 Å². The molecule has 0 amide bonds. The SMILES string of the molecule is COc1ccccc1S(=O)(=O)N(CCc1ccc(-c2cccc(C(=O)O)c2)cc1)Cc1ccc(C(F)(F)P(=O)(O)O)c(Cl)c1. The van der Waals surface area contributed by atoms with E-state index in [0.717, 1.165) is 33.6 Å². The minimum atomic E-state index is -5.88. The van der Waals surface area contributed by atoms with Crippen LogP contribution in [0.1, 0.15) is 27.0 Å². The third kappa shape index (κ3) is 7.18. The molecule has 0 bridgehead atoms. The zero-order valence-electron chi connectivity index (χ0n) is 23.1. The maximum atomic E-state index is 14.3. The maximum absolute atomic E-state index is 14.3. The second kappa shape index (κ2) is 13.2. The number of benzene rings is 4. The molecule has 0 saturated heterocycles. The summed E-state index contributed by atoms with van der Waals surface area (Å²) in [5, 5.41) is 8.64. The largest absolute Gasteiger partial charge is 0.495 e. The molecule has 0 heterocycles. The van der Waals surface area contributed by atoms with Gasteiger partial charge in [-0.2, -0.15) is 13.1 Å². The zero-order chi connectivity index (χ0) is 32.3. The molecule has 44 heavy (non-hydrogen) atoms. The average Bonchev–Trinajstić information content (AvgIpc) is 2.98. The maximum Gasteiger partial charge on any atom is 0.399 e. The Kier molecular flexibility index (Phi) is 9.94. The monoisotopic (exact) mass is 665 g/mol. The van der Waals surface area contributed by atoms with Crippen LogP contribution in [0.15, 0.2) is 95.9 Å². The number of methoxy groups -OCH3 is 1. The van der Waals surface area contributed by atoms with Gasteiger partial charge in [0, 0.05) is 13.1 Å². The summed E-state index contributed by atoms with van der Waals surface area (Å²) in [7, 11) is -8.76. The van der Waals surface area contributed by atoms with Crippen molar-refractivity contribution >= 4 is 35.2 Å². The minimum Gasteiger partial charge on any atom is -0.495 e. The standard InChI is InChI=1S/C30H27ClF2NO8PS/c1-42-27-7-2-3-8-28(27)44(40,41)34(19-21-11-14-25(26(31)17-21)30(32,33)43(37,38)39)16-15-20-9-12-22(13-10-20)23-5-4-6-24(18-23)29(35)36/h2-14,17-18H,15-16,19H2,1H3,(H,35,36)(H2,37,38,39). The second-order valence-electron chi connectivity index (χ2n) is 9.72. The van der Waals surface area contributed by atoms with Crippen molar-refractivity contribution in [2.24, 2.45) is 0 Å².